The summed E-state index contributed by atoms with van der Waals surface area (Å²) in [5, 5.41) is 0. The summed E-state index contributed by atoms with van der Waals surface area (Å²) in [6.07, 6.45) is 1.23. The van der Waals surface area contributed by atoms with Crippen LogP contribution in [0.15, 0.2) is 18.2 Å². The Morgan fingerprint density at radius 1 is 1.38 bits per heavy atom. The van der Waals surface area contributed by atoms with Crippen molar-refractivity contribution in [3.8, 4) is 0 Å². The topological polar surface area (TPSA) is 29.3 Å². The molecule has 0 aliphatic heterocycles. The molecular formula is C14H24N2. The first-order valence-corrected chi connectivity index (χ1v) is 6.09. The summed E-state index contributed by atoms with van der Waals surface area (Å²) in [6.45, 7) is 8.42. The van der Waals surface area contributed by atoms with Crippen LogP contribution in [0, 0.1) is 12.8 Å². The summed E-state index contributed by atoms with van der Waals surface area (Å²) in [4.78, 5) is 2.34. The zero-order valence-electron chi connectivity index (χ0n) is 11.0. The van der Waals surface area contributed by atoms with E-state index in [2.05, 4.69) is 50.9 Å². The molecular weight excluding hydrogens is 196 g/mol. The quantitative estimate of drug-likeness (QED) is 0.826. The Bertz CT molecular complexity index is 334. The van der Waals surface area contributed by atoms with Gasteiger partial charge in [-0.25, -0.2) is 0 Å². The fourth-order valence-electron chi connectivity index (χ4n) is 1.97. The zero-order valence-corrected chi connectivity index (χ0v) is 11.0. The number of aryl methyl sites for hydroxylation is 1. The van der Waals surface area contributed by atoms with E-state index in [0.717, 1.165) is 12.5 Å². The highest BCUT2D eigenvalue weighted by atomic mass is 15.1. The highest BCUT2D eigenvalue weighted by Crippen LogP contribution is 2.21. The predicted octanol–water partition coefficient (Wildman–Crippen LogP) is 2.94. The Balaban J connectivity index is 2.79. The van der Waals surface area contributed by atoms with Crippen LogP contribution in [0.3, 0.4) is 0 Å². The van der Waals surface area contributed by atoms with Crippen molar-refractivity contribution in [2.24, 2.45) is 11.7 Å². The van der Waals surface area contributed by atoms with Crippen molar-refractivity contribution in [3.05, 3.63) is 29.3 Å². The molecule has 1 atom stereocenters. The van der Waals surface area contributed by atoms with Crippen LogP contribution in [0.4, 0.5) is 5.69 Å². The Kier molecular flexibility index (Phi) is 4.81. The molecule has 0 aliphatic rings. The van der Waals surface area contributed by atoms with Crippen molar-refractivity contribution >= 4 is 5.69 Å². The molecule has 1 rings (SSSR count). The summed E-state index contributed by atoms with van der Waals surface area (Å²) in [7, 11) is 2.16. The summed E-state index contributed by atoms with van der Waals surface area (Å²) in [6, 6.07) is 6.48. The molecule has 90 valence electrons. The maximum atomic E-state index is 5.63. The summed E-state index contributed by atoms with van der Waals surface area (Å²) < 4.78 is 0. The van der Waals surface area contributed by atoms with E-state index in [9.17, 15) is 0 Å². The van der Waals surface area contributed by atoms with Gasteiger partial charge in [-0.1, -0.05) is 32.4 Å². The lowest BCUT2D eigenvalue weighted by Gasteiger charge is -2.24. The lowest BCUT2D eigenvalue weighted by molar-refractivity contribution is 0.559. The average Bonchev–Trinajstić information content (AvgIpc) is 2.28. The van der Waals surface area contributed by atoms with E-state index >= 15 is 0 Å². The monoisotopic (exact) mass is 220 g/mol. The third kappa shape index (κ3) is 3.24. The number of benzene rings is 1. The van der Waals surface area contributed by atoms with E-state index in [-0.39, 0.29) is 0 Å². The molecule has 0 aliphatic carbocycles. The Hall–Kier alpha value is -1.02. The maximum absolute atomic E-state index is 5.63. The summed E-state index contributed by atoms with van der Waals surface area (Å²) in [5.74, 6) is 0.735. The van der Waals surface area contributed by atoms with Crippen LogP contribution in [0.1, 0.15) is 31.4 Å². The van der Waals surface area contributed by atoms with Gasteiger partial charge in [0.1, 0.15) is 0 Å². The number of anilines is 1. The third-order valence-electron chi connectivity index (χ3n) is 3.19. The minimum absolute atomic E-state index is 0.621. The molecule has 1 aromatic carbocycles. The molecule has 1 aromatic rings. The van der Waals surface area contributed by atoms with Gasteiger partial charge in [0.25, 0.3) is 0 Å². The normalized spacial score (nSPS) is 12.6. The van der Waals surface area contributed by atoms with Gasteiger partial charge in [-0.2, -0.15) is 0 Å². The van der Waals surface area contributed by atoms with Crippen LogP contribution in [-0.2, 0) is 6.54 Å². The Morgan fingerprint density at radius 3 is 2.56 bits per heavy atom. The molecule has 0 spiro atoms. The van der Waals surface area contributed by atoms with Gasteiger partial charge in [-0.05, 0) is 30.0 Å². The van der Waals surface area contributed by atoms with E-state index in [0.29, 0.717) is 6.54 Å². The minimum Gasteiger partial charge on any atom is -0.374 e. The van der Waals surface area contributed by atoms with Gasteiger partial charge >= 0.3 is 0 Å². The Labute approximate surface area is 99.5 Å². The summed E-state index contributed by atoms with van der Waals surface area (Å²) in [5.41, 5.74) is 9.47. The summed E-state index contributed by atoms with van der Waals surface area (Å²) >= 11 is 0. The van der Waals surface area contributed by atoms with Gasteiger partial charge in [0.05, 0.1) is 0 Å². The van der Waals surface area contributed by atoms with Crippen molar-refractivity contribution in [3.63, 3.8) is 0 Å². The van der Waals surface area contributed by atoms with Crippen molar-refractivity contribution in [2.45, 2.75) is 33.7 Å². The highest BCUT2D eigenvalue weighted by molar-refractivity contribution is 5.53. The van der Waals surface area contributed by atoms with Crippen LogP contribution >= 0.6 is 0 Å². The molecule has 0 bridgehead atoms. The molecule has 0 saturated heterocycles. The van der Waals surface area contributed by atoms with Crippen LogP contribution in [0.25, 0.3) is 0 Å². The fraction of sp³-hybridized carbons (Fsp3) is 0.571. The first-order valence-electron chi connectivity index (χ1n) is 6.09. The molecule has 0 heterocycles. The van der Waals surface area contributed by atoms with Gasteiger partial charge in [-0.15, -0.1) is 0 Å². The smallest absolute Gasteiger partial charge is 0.0393 e. The van der Waals surface area contributed by atoms with Crippen LogP contribution in [0.5, 0.6) is 0 Å². The highest BCUT2D eigenvalue weighted by Gasteiger charge is 2.08. The van der Waals surface area contributed by atoms with Gasteiger partial charge < -0.3 is 10.6 Å². The van der Waals surface area contributed by atoms with Crippen LogP contribution in [-0.4, -0.2) is 13.6 Å². The van der Waals surface area contributed by atoms with Gasteiger partial charge in [-0.3, -0.25) is 0 Å². The van der Waals surface area contributed by atoms with Crippen molar-refractivity contribution in [2.75, 3.05) is 18.5 Å². The number of hydrogen-bond acceptors (Lipinski definition) is 2. The second kappa shape index (κ2) is 5.90. The molecule has 1 unspecified atom stereocenters. The zero-order chi connectivity index (χ0) is 12.1. The largest absolute Gasteiger partial charge is 0.374 e. The fourth-order valence-corrected chi connectivity index (χ4v) is 1.97. The average molecular weight is 220 g/mol. The lowest BCUT2D eigenvalue weighted by atomic mass is 10.1. The van der Waals surface area contributed by atoms with E-state index in [4.69, 9.17) is 5.73 Å². The van der Waals surface area contributed by atoms with Crippen molar-refractivity contribution < 1.29 is 0 Å². The second-order valence-corrected chi connectivity index (χ2v) is 4.72. The molecule has 2 nitrogen and oxygen atoms in total. The second-order valence-electron chi connectivity index (χ2n) is 4.72. The Morgan fingerprint density at radius 2 is 2.06 bits per heavy atom. The SMILES string of the molecule is CCC(C)CN(C)c1ccc(CN)cc1C. The van der Waals surface area contributed by atoms with E-state index in [1.54, 1.807) is 0 Å². The maximum Gasteiger partial charge on any atom is 0.0393 e. The molecule has 0 amide bonds. The number of hydrogen-bond donors (Lipinski definition) is 1. The molecule has 0 radical (unpaired) electrons. The first-order chi connectivity index (χ1) is 7.58. The molecule has 2 N–H and O–H groups in total. The van der Waals surface area contributed by atoms with Crippen LogP contribution in [0.2, 0.25) is 0 Å². The molecule has 2 heteroatoms. The van der Waals surface area contributed by atoms with E-state index in [1.807, 2.05) is 0 Å². The standard InChI is InChI=1S/C14H24N2/c1-5-11(2)10-16(4)14-7-6-13(9-15)8-12(14)3/h6-8,11H,5,9-10,15H2,1-4H3. The third-order valence-corrected chi connectivity index (χ3v) is 3.19. The molecule has 0 aromatic heterocycles. The van der Waals surface area contributed by atoms with Crippen molar-refractivity contribution in [1.82, 2.24) is 0 Å². The number of nitrogens with two attached hydrogens (primary N) is 1. The van der Waals surface area contributed by atoms with Gasteiger partial charge in [0.15, 0.2) is 0 Å². The molecule has 0 saturated carbocycles. The van der Waals surface area contributed by atoms with Crippen LogP contribution < -0.4 is 10.6 Å². The predicted molar refractivity (Wildman–Crippen MR) is 71.8 cm³/mol. The number of rotatable bonds is 5. The van der Waals surface area contributed by atoms with Crippen molar-refractivity contribution in [1.29, 1.82) is 0 Å². The van der Waals surface area contributed by atoms with E-state index in [1.165, 1.54) is 23.2 Å². The van der Waals surface area contributed by atoms with Gasteiger partial charge in [0, 0.05) is 25.8 Å². The molecule has 16 heavy (non-hydrogen) atoms. The number of nitrogens with zero attached hydrogens (tertiary/aromatic N) is 1. The molecule has 0 fully saturated rings. The first kappa shape index (κ1) is 13.0. The minimum atomic E-state index is 0.621. The van der Waals surface area contributed by atoms with Gasteiger partial charge in [0.2, 0.25) is 0 Å². The lowest BCUT2D eigenvalue weighted by Crippen LogP contribution is -2.24. The van der Waals surface area contributed by atoms with E-state index < -0.39 is 0 Å².